The molecule has 2 aromatic heterocycles. The molecule has 88 valence electrons. The summed E-state index contributed by atoms with van der Waals surface area (Å²) in [5, 5.41) is 0. The maximum atomic E-state index is 4.46. The van der Waals surface area contributed by atoms with Crippen molar-refractivity contribution < 1.29 is 0 Å². The third kappa shape index (κ3) is 2.44. The number of hydrogen-bond acceptors (Lipinski definition) is 3. The summed E-state index contributed by atoms with van der Waals surface area (Å²) in [5.74, 6) is 0. The lowest BCUT2D eigenvalue weighted by molar-refractivity contribution is 0.863. The lowest BCUT2D eigenvalue weighted by atomic mass is 10.2. The van der Waals surface area contributed by atoms with E-state index in [2.05, 4.69) is 34.8 Å². The summed E-state index contributed by atoms with van der Waals surface area (Å²) in [6.45, 7) is 6.25. The van der Waals surface area contributed by atoms with Crippen molar-refractivity contribution in [3.8, 4) is 11.4 Å². The van der Waals surface area contributed by atoms with Crippen LogP contribution >= 0.6 is 0 Å². The quantitative estimate of drug-likeness (QED) is 0.804. The van der Waals surface area contributed by atoms with Crippen molar-refractivity contribution in [1.82, 2.24) is 9.97 Å². The number of pyridine rings is 2. The highest BCUT2D eigenvalue weighted by Gasteiger charge is 2.11. The fraction of sp³-hybridized carbons (Fsp3) is 0.286. The molecule has 0 aromatic carbocycles. The molecule has 0 spiro atoms. The van der Waals surface area contributed by atoms with Gasteiger partial charge in [-0.05, 0) is 38.1 Å². The van der Waals surface area contributed by atoms with Gasteiger partial charge in [-0.2, -0.15) is 0 Å². The molecular formula is C14H17N3. The van der Waals surface area contributed by atoms with Crippen LogP contribution in [0.4, 0.5) is 5.69 Å². The van der Waals surface area contributed by atoms with Crippen molar-refractivity contribution in [2.24, 2.45) is 0 Å². The Hall–Kier alpha value is -1.90. The van der Waals surface area contributed by atoms with Gasteiger partial charge in [-0.1, -0.05) is 6.07 Å². The molecule has 3 nitrogen and oxygen atoms in total. The number of nitrogens with zero attached hydrogens (tertiary/aromatic N) is 3. The van der Waals surface area contributed by atoms with Gasteiger partial charge in [-0.3, -0.25) is 9.97 Å². The second-order valence-corrected chi connectivity index (χ2v) is 3.76. The van der Waals surface area contributed by atoms with Gasteiger partial charge in [0.25, 0.3) is 0 Å². The van der Waals surface area contributed by atoms with E-state index in [-0.39, 0.29) is 0 Å². The smallest absolute Gasteiger partial charge is 0.112 e. The van der Waals surface area contributed by atoms with Gasteiger partial charge < -0.3 is 4.90 Å². The van der Waals surface area contributed by atoms with Gasteiger partial charge >= 0.3 is 0 Å². The summed E-state index contributed by atoms with van der Waals surface area (Å²) in [5.41, 5.74) is 3.03. The average molecular weight is 227 g/mol. The van der Waals surface area contributed by atoms with Crippen LogP contribution < -0.4 is 4.90 Å². The predicted molar refractivity (Wildman–Crippen MR) is 71.0 cm³/mol. The SMILES string of the molecule is CCN(CC)c1cccnc1-c1ccccn1. The molecule has 0 aliphatic rings. The standard InChI is InChI=1S/C14H17N3/c1-3-17(4-2)13-9-7-11-16-14(13)12-8-5-6-10-15-12/h5-11H,3-4H2,1-2H3. The Bertz CT molecular complexity index is 464. The molecule has 0 fully saturated rings. The molecule has 0 aliphatic heterocycles. The molecule has 0 saturated heterocycles. The first-order valence-corrected chi connectivity index (χ1v) is 5.98. The van der Waals surface area contributed by atoms with E-state index in [1.165, 1.54) is 0 Å². The van der Waals surface area contributed by atoms with Crippen molar-refractivity contribution in [3.05, 3.63) is 42.7 Å². The zero-order chi connectivity index (χ0) is 12.1. The Balaban J connectivity index is 2.48. The van der Waals surface area contributed by atoms with Crippen LogP contribution in [0, 0.1) is 0 Å². The van der Waals surface area contributed by atoms with E-state index in [4.69, 9.17) is 0 Å². The van der Waals surface area contributed by atoms with Crippen LogP contribution in [0.3, 0.4) is 0 Å². The summed E-state index contributed by atoms with van der Waals surface area (Å²) < 4.78 is 0. The number of rotatable bonds is 4. The van der Waals surface area contributed by atoms with E-state index in [0.717, 1.165) is 30.2 Å². The fourth-order valence-corrected chi connectivity index (χ4v) is 1.92. The number of hydrogen-bond donors (Lipinski definition) is 0. The number of aromatic nitrogens is 2. The lowest BCUT2D eigenvalue weighted by Crippen LogP contribution is -2.22. The van der Waals surface area contributed by atoms with Crippen LogP contribution in [0.1, 0.15) is 13.8 Å². The van der Waals surface area contributed by atoms with Crippen molar-refractivity contribution in [1.29, 1.82) is 0 Å². The van der Waals surface area contributed by atoms with E-state index < -0.39 is 0 Å². The molecule has 0 amide bonds. The Morgan fingerprint density at radius 2 is 1.71 bits per heavy atom. The molecule has 0 atom stereocenters. The second kappa shape index (κ2) is 5.43. The van der Waals surface area contributed by atoms with E-state index >= 15 is 0 Å². The minimum atomic E-state index is 0.926. The van der Waals surface area contributed by atoms with Gasteiger partial charge in [0.2, 0.25) is 0 Å². The summed E-state index contributed by atoms with van der Waals surface area (Å²) in [7, 11) is 0. The molecule has 0 N–H and O–H groups in total. The maximum Gasteiger partial charge on any atom is 0.112 e. The first kappa shape index (κ1) is 11.6. The Morgan fingerprint density at radius 1 is 0.941 bits per heavy atom. The van der Waals surface area contributed by atoms with Gasteiger partial charge in [-0.15, -0.1) is 0 Å². The highest BCUT2D eigenvalue weighted by atomic mass is 15.1. The first-order chi connectivity index (χ1) is 8.36. The Kier molecular flexibility index (Phi) is 3.70. The molecule has 2 rings (SSSR count). The Morgan fingerprint density at radius 3 is 2.35 bits per heavy atom. The zero-order valence-electron chi connectivity index (χ0n) is 10.3. The summed E-state index contributed by atoms with van der Waals surface area (Å²) in [6, 6.07) is 9.98. The van der Waals surface area contributed by atoms with Crippen LogP contribution in [0.25, 0.3) is 11.4 Å². The van der Waals surface area contributed by atoms with Crippen LogP contribution in [0.15, 0.2) is 42.7 Å². The maximum absolute atomic E-state index is 4.46. The summed E-state index contributed by atoms with van der Waals surface area (Å²) >= 11 is 0. The molecule has 0 saturated carbocycles. The van der Waals surface area contributed by atoms with Crippen molar-refractivity contribution in [2.45, 2.75) is 13.8 Å². The number of anilines is 1. The third-order valence-corrected chi connectivity index (χ3v) is 2.80. The molecule has 2 heterocycles. The molecule has 17 heavy (non-hydrogen) atoms. The predicted octanol–water partition coefficient (Wildman–Crippen LogP) is 2.99. The lowest BCUT2D eigenvalue weighted by Gasteiger charge is -2.23. The van der Waals surface area contributed by atoms with E-state index in [0.29, 0.717) is 0 Å². The molecule has 3 heteroatoms. The van der Waals surface area contributed by atoms with Crippen molar-refractivity contribution >= 4 is 5.69 Å². The van der Waals surface area contributed by atoms with E-state index in [9.17, 15) is 0 Å². The molecular weight excluding hydrogens is 210 g/mol. The highest BCUT2D eigenvalue weighted by molar-refractivity contribution is 5.72. The van der Waals surface area contributed by atoms with Gasteiger partial charge in [0.15, 0.2) is 0 Å². The van der Waals surface area contributed by atoms with Crippen LogP contribution in [0.5, 0.6) is 0 Å². The van der Waals surface area contributed by atoms with E-state index in [1.807, 2.05) is 30.5 Å². The van der Waals surface area contributed by atoms with Gasteiger partial charge in [0, 0.05) is 25.5 Å². The van der Waals surface area contributed by atoms with Crippen LogP contribution in [-0.2, 0) is 0 Å². The zero-order valence-corrected chi connectivity index (χ0v) is 10.3. The summed E-state index contributed by atoms with van der Waals surface area (Å²) in [6.07, 6.45) is 3.62. The van der Waals surface area contributed by atoms with Gasteiger partial charge in [-0.25, -0.2) is 0 Å². The molecule has 0 radical (unpaired) electrons. The largest absolute Gasteiger partial charge is 0.370 e. The highest BCUT2D eigenvalue weighted by Crippen LogP contribution is 2.26. The fourth-order valence-electron chi connectivity index (χ4n) is 1.92. The topological polar surface area (TPSA) is 29.0 Å². The van der Waals surface area contributed by atoms with Crippen molar-refractivity contribution in [2.75, 3.05) is 18.0 Å². The monoisotopic (exact) mass is 227 g/mol. The minimum absolute atomic E-state index is 0.926. The molecule has 0 unspecified atom stereocenters. The van der Waals surface area contributed by atoms with Crippen molar-refractivity contribution in [3.63, 3.8) is 0 Å². The minimum Gasteiger partial charge on any atom is -0.370 e. The normalized spacial score (nSPS) is 10.2. The molecule has 0 bridgehead atoms. The first-order valence-electron chi connectivity index (χ1n) is 5.98. The third-order valence-electron chi connectivity index (χ3n) is 2.80. The Labute approximate surface area is 102 Å². The molecule has 0 aliphatic carbocycles. The van der Waals surface area contributed by atoms with Crippen LogP contribution in [0.2, 0.25) is 0 Å². The molecule has 2 aromatic rings. The average Bonchev–Trinajstić information content (AvgIpc) is 2.42. The van der Waals surface area contributed by atoms with Crippen LogP contribution in [-0.4, -0.2) is 23.1 Å². The van der Waals surface area contributed by atoms with Gasteiger partial charge in [0.1, 0.15) is 5.69 Å². The van der Waals surface area contributed by atoms with Gasteiger partial charge in [0.05, 0.1) is 11.4 Å². The van der Waals surface area contributed by atoms with E-state index in [1.54, 1.807) is 6.20 Å². The summed E-state index contributed by atoms with van der Waals surface area (Å²) in [4.78, 5) is 11.1. The second-order valence-electron chi connectivity index (χ2n) is 3.76.